The van der Waals surface area contributed by atoms with Gasteiger partial charge in [-0.1, -0.05) is 0 Å². The molecule has 1 amide bonds. The lowest BCUT2D eigenvalue weighted by Crippen LogP contribution is -2.30. The van der Waals surface area contributed by atoms with Crippen molar-refractivity contribution in [2.45, 2.75) is 58.5 Å². The van der Waals surface area contributed by atoms with E-state index in [2.05, 4.69) is 0 Å². The maximum absolute atomic E-state index is 11.8. The Labute approximate surface area is 121 Å². The molecule has 0 radical (unpaired) electrons. The van der Waals surface area contributed by atoms with Gasteiger partial charge in [0.2, 0.25) is 5.91 Å². The lowest BCUT2D eigenvalue weighted by Gasteiger charge is -2.26. The molecule has 0 aliphatic heterocycles. The Bertz CT molecular complexity index is 307. The number of nitrogens with zero attached hydrogens (tertiary/aromatic N) is 1. The van der Waals surface area contributed by atoms with Gasteiger partial charge in [0, 0.05) is 26.1 Å². The van der Waals surface area contributed by atoms with Crippen molar-refractivity contribution in [3.63, 3.8) is 0 Å². The zero-order valence-corrected chi connectivity index (χ0v) is 12.6. The number of carboxylic acid groups (broad SMARTS) is 1. The van der Waals surface area contributed by atoms with Crippen LogP contribution in [0.3, 0.4) is 0 Å². The highest BCUT2D eigenvalue weighted by molar-refractivity contribution is 5.76. The van der Waals surface area contributed by atoms with Crippen LogP contribution in [0.25, 0.3) is 0 Å². The molecule has 1 rings (SSSR count). The Kier molecular flexibility index (Phi) is 7.59. The van der Waals surface area contributed by atoms with Crippen molar-refractivity contribution in [3.8, 4) is 0 Å². The molecule has 0 unspecified atom stereocenters. The Morgan fingerprint density at radius 2 is 1.75 bits per heavy atom. The van der Waals surface area contributed by atoms with Gasteiger partial charge in [-0.3, -0.25) is 9.59 Å². The van der Waals surface area contributed by atoms with Crippen LogP contribution in [0.4, 0.5) is 0 Å². The van der Waals surface area contributed by atoms with Gasteiger partial charge < -0.3 is 14.7 Å². The molecule has 1 fully saturated rings. The summed E-state index contributed by atoms with van der Waals surface area (Å²) >= 11 is 0. The van der Waals surface area contributed by atoms with Crippen molar-refractivity contribution >= 4 is 11.9 Å². The standard InChI is InChI=1S/C15H27NO4/c1-3-16(4-2)14(17)6-5-11-20-13-9-7-12(8-10-13)15(18)19/h12-13H,3-11H2,1-2H3,(H,18,19). The minimum atomic E-state index is -0.687. The minimum Gasteiger partial charge on any atom is -0.481 e. The van der Waals surface area contributed by atoms with E-state index in [9.17, 15) is 9.59 Å². The predicted molar refractivity (Wildman–Crippen MR) is 76.5 cm³/mol. The average molecular weight is 285 g/mol. The van der Waals surface area contributed by atoms with Gasteiger partial charge in [-0.2, -0.15) is 0 Å². The number of amides is 1. The number of carbonyl (C=O) groups excluding carboxylic acids is 1. The molecule has 1 aliphatic carbocycles. The van der Waals surface area contributed by atoms with Crippen molar-refractivity contribution in [2.24, 2.45) is 5.92 Å². The van der Waals surface area contributed by atoms with Crippen LogP contribution in [0, 0.1) is 5.92 Å². The van der Waals surface area contributed by atoms with Crippen LogP contribution in [0.5, 0.6) is 0 Å². The van der Waals surface area contributed by atoms with Gasteiger partial charge in [0.25, 0.3) is 0 Å². The average Bonchev–Trinajstić information content (AvgIpc) is 2.45. The Morgan fingerprint density at radius 1 is 1.15 bits per heavy atom. The van der Waals surface area contributed by atoms with Crippen LogP contribution in [-0.4, -0.2) is 47.7 Å². The van der Waals surface area contributed by atoms with E-state index in [0.717, 1.165) is 32.4 Å². The molecular formula is C15H27NO4. The van der Waals surface area contributed by atoms with E-state index < -0.39 is 5.97 Å². The highest BCUT2D eigenvalue weighted by Gasteiger charge is 2.26. The van der Waals surface area contributed by atoms with Crippen LogP contribution >= 0.6 is 0 Å². The van der Waals surface area contributed by atoms with E-state index in [1.807, 2.05) is 18.7 Å². The number of hydrogen-bond donors (Lipinski definition) is 1. The monoisotopic (exact) mass is 285 g/mol. The molecule has 0 aromatic rings. The summed E-state index contributed by atoms with van der Waals surface area (Å²) in [7, 11) is 0. The number of carboxylic acids is 1. The lowest BCUT2D eigenvalue weighted by molar-refractivity contribution is -0.144. The Morgan fingerprint density at radius 3 is 2.25 bits per heavy atom. The summed E-state index contributed by atoms with van der Waals surface area (Å²) in [4.78, 5) is 24.4. The molecule has 0 bridgehead atoms. The fraction of sp³-hybridized carbons (Fsp3) is 0.867. The number of rotatable bonds is 8. The second-order valence-electron chi connectivity index (χ2n) is 5.35. The van der Waals surface area contributed by atoms with E-state index in [4.69, 9.17) is 9.84 Å². The number of ether oxygens (including phenoxy) is 1. The lowest BCUT2D eigenvalue weighted by atomic mass is 9.87. The minimum absolute atomic E-state index is 0.175. The maximum Gasteiger partial charge on any atom is 0.306 e. The first-order valence-electron chi connectivity index (χ1n) is 7.70. The molecular weight excluding hydrogens is 258 g/mol. The second kappa shape index (κ2) is 8.95. The van der Waals surface area contributed by atoms with Gasteiger partial charge in [-0.25, -0.2) is 0 Å². The van der Waals surface area contributed by atoms with E-state index in [-0.39, 0.29) is 17.9 Å². The van der Waals surface area contributed by atoms with Crippen LogP contribution in [0.15, 0.2) is 0 Å². The summed E-state index contributed by atoms with van der Waals surface area (Å²) in [5.41, 5.74) is 0. The zero-order valence-electron chi connectivity index (χ0n) is 12.6. The number of hydrogen-bond acceptors (Lipinski definition) is 3. The molecule has 1 saturated carbocycles. The third-order valence-corrected chi connectivity index (χ3v) is 4.03. The summed E-state index contributed by atoms with van der Waals surface area (Å²) < 4.78 is 5.74. The summed E-state index contributed by atoms with van der Waals surface area (Å²) in [6.07, 6.45) is 4.51. The highest BCUT2D eigenvalue weighted by atomic mass is 16.5. The largest absolute Gasteiger partial charge is 0.481 e. The number of aliphatic carboxylic acids is 1. The number of carbonyl (C=O) groups is 2. The van der Waals surface area contributed by atoms with E-state index in [1.54, 1.807) is 0 Å². The molecule has 0 aromatic heterocycles. The van der Waals surface area contributed by atoms with Gasteiger partial charge in [-0.05, 0) is 46.0 Å². The molecule has 0 heterocycles. The summed E-state index contributed by atoms with van der Waals surface area (Å²) in [6, 6.07) is 0. The van der Waals surface area contributed by atoms with E-state index in [1.165, 1.54) is 0 Å². The van der Waals surface area contributed by atoms with Crippen molar-refractivity contribution in [1.29, 1.82) is 0 Å². The molecule has 5 heteroatoms. The van der Waals surface area contributed by atoms with Crippen LogP contribution < -0.4 is 0 Å². The molecule has 20 heavy (non-hydrogen) atoms. The van der Waals surface area contributed by atoms with Crippen LogP contribution in [0.1, 0.15) is 52.4 Å². The first-order chi connectivity index (χ1) is 9.58. The van der Waals surface area contributed by atoms with Gasteiger partial charge in [-0.15, -0.1) is 0 Å². The molecule has 116 valence electrons. The quantitative estimate of drug-likeness (QED) is 0.695. The van der Waals surface area contributed by atoms with Crippen molar-refractivity contribution in [2.75, 3.05) is 19.7 Å². The fourth-order valence-corrected chi connectivity index (χ4v) is 2.68. The zero-order chi connectivity index (χ0) is 15.0. The van der Waals surface area contributed by atoms with Gasteiger partial charge >= 0.3 is 5.97 Å². The smallest absolute Gasteiger partial charge is 0.306 e. The van der Waals surface area contributed by atoms with Crippen LogP contribution in [-0.2, 0) is 14.3 Å². The van der Waals surface area contributed by atoms with E-state index >= 15 is 0 Å². The molecule has 1 aliphatic rings. The van der Waals surface area contributed by atoms with Crippen molar-refractivity contribution in [3.05, 3.63) is 0 Å². The van der Waals surface area contributed by atoms with Crippen LogP contribution in [0.2, 0.25) is 0 Å². The fourth-order valence-electron chi connectivity index (χ4n) is 2.68. The normalized spacial score (nSPS) is 22.5. The molecule has 0 saturated heterocycles. The Balaban J connectivity index is 2.11. The topological polar surface area (TPSA) is 66.8 Å². The van der Waals surface area contributed by atoms with Crippen molar-refractivity contribution in [1.82, 2.24) is 4.90 Å². The SMILES string of the molecule is CCN(CC)C(=O)CCCOC1CCC(C(=O)O)CC1. The first-order valence-corrected chi connectivity index (χ1v) is 7.70. The first kappa shape index (κ1) is 17.0. The summed E-state index contributed by atoms with van der Waals surface area (Å²) in [5, 5.41) is 8.92. The maximum atomic E-state index is 11.8. The molecule has 0 aromatic carbocycles. The highest BCUT2D eigenvalue weighted by Crippen LogP contribution is 2.26. The third kappa shape index (κ3) is 5.49. The molecule has 5 nitrogen and oxygen atoms in total. The second-order valence-corrected chi connectivity index (χ2v) is 5.35. The van der Waals surface area contributed by atoms with Crippen molar-refractivity contribution < 1.29 is 19.4 Å². The molecule has 1 N–H and O–H groups in total. The third-order valence-electron chi connectivity index (χ3n) is 4.03. The predicted octanol–water partition coefficient (Wildman–Crippen LogP) is 2.29. The molecule has 0 spiro atoms. The van der Waals surface area contributed by atoms with E-state index in [0.29, 0.717) is 25.9 Å². The van der Waals surface area contributed by atoms with Gasteiger partial charge in [0.15, 0.2) is 0 Å². The summed E-state index contributed by atoms with van der Waals surface area (Å²) in [6.45, 7) is 6.08. The Hall–Kier alpha value is -1.10. The molecule has 0 atom stereocenters. The van der Waals surface area contributed by atoms with Gasteiger partial charge in [0.05, 0.1) is 12.0 Å². The van der Waals surface area contributed by atoms with Gasteiger partial charge in [0.1, 0.15) is 0 Å². The summed E-state index contributed by atoms with van der Waals surface area (Å²) in [5.74, 6) is -0.694.